The molecule has 1 aliphatic rings. The first-order valence-corrected chi connectivity index (χ1v) is 8.55. The standard InChI is InChI=1S/C16H35N5/c1-5-17-16(18-8-7-15(2)3)19-9-12-21-11-6-10-20(4)13-14-21/h15H,5-14H2,1-4H3,(H2,17,18,19). The summed E-state index contributed by atoms with van der Waals surface area (Å²) in [4.78, 5) is 9.61. The van der Waals surface area contributed by atoms with Crippen LogP contribution < -0.4 is 10.6 Å². The molecule has 124 valence electrons. The summed E-state index contributed by atoms with van der Waals surface area (Å²) >= 11 is 0. The number of nitrogens with one attached hydrogen (secondary N) is 2. The first-order chi connectivity index (χ1) is 10.1. The van der Waals surface area contributed by atoms with Crippen LogP contribution in [0.15, 0.2) is 4.99 Å². The second kappa shape index (κ2) is 10.9. The monoisotopic (exact) mass is 297 g/mol. The normalized spacial score (nSPS) is 18.8. The Balaban J connectivity index is 2.25. The van der Waals surface area contributed by atoms with Gasteiger partial charge < -0.3 is 20.4 Å². The predicted octanol–water partition coefficient (Wildman–Crippen LogP) is 1.23. The average Bonchev–Trinajstić information content (AvgIpc) is 2.63. The predicted molar refractivity (Wildman–Crippen MR) is 92.0 cm³/mol. The molecule has 0 bridgehead atoms. The maximum Gasteiger partial charge on any atom is 0.191 e. The molecule has 0 spiro atoms. The van der Waals surface area contributed by atoms with Crippen LogP contribution in [0.2, 0.25) is 0 Å². The number of guanidine groups is 1. The Kier molecular flexibility index (Phi) is 9.42. The molecule has 0 aliphatic carbocycles. The fourth-order valence-electron chi connectivity index (χ4n) is 2.43. The summed E-state index contributed by atoms with van der Waals surface area (Å²) in [6.07, 6.45) is 2.42. The Labute approximate surface area is 131 Å². The molecule has 5 nitrogen and oxygen atoms in total. The lowest BCUT2D eigenvalue weighted by Crippen LogP contribution is -2.42. The topological polar surface area (TPSA) is 42.9 Å². The van der Waals surface area contributed by atoms with Crippen molar-refractivity contribution in [3.8, 4) is 0 Å². The minimum Gasteiger partial charge on any atom is -0.357 e. The van der Waals surface area contributed by atoms with Crippen molar-refractivity contribution in [2.24, 2.45) is 10.9 Å². The summed E-state index contributed by atoms with van der Waals surface area (Å²) in [5.41, 5.74) is 0. The van der Waals surface area contributed by atoms with Crippen molar-refractivity contribution in [2.45, 2.75) is 33.6 Å². The highest BCUT2D eigenvalue weighted by molar-refractivity contribution is 5.79. The Morgan fingerprint density at radius 2 is 1.95 bits per heavy atom. The molecule has 5 heteroatoms. The van der Waals surface area contributed by atoms with Crippen LogP contribution in [0.3, 0.4) is 0 Å². The second-order valence-corrected chi connectivity index (χ2v) is 6.37. The molecule has 1 heterocycles. The van der Waals surface area contributed by atoms with E-state index in [0.717, 1.165) is 38.6 Å². The highest BCUT2D eigenvalue weighted by Gasteiger charge is 2.11. The van der Waals surface area contributed by atoms with E-state index in [1.54, 1.807) is 0 Å². The van der Waals surface area contributed by atoms with E-state index < -0.39 is 0 Å². The Morgan fingerprint density at radius 1 is 1.14 bits per heavy atom. The first-order valence-electron chi connectivity index (χ1n) is 8.55. The minimum absolute atomic E-state index is 0.714. The van der Waals surface area contributed by atoms with Crippen molar-refractivity contribution in [3.05, 3.63) is 0 Å². The van der Waals surface area contributed by atoms with Crippen molar-refractivity contribution >= 4 is 5.96 Å². The lowest BCUT2D eigenvalue weighted by Gasteiger charge is -2.21. The molecule has 0 unspecified atom stereocenters. The van der Waals surface area contributed by atoms with E-state index in [9.17, 15) is 0 Å². The van der Waals surface area contributed by atoms with E-state index in [0.29, 0.717) is 5.92 Å². The van der Waals surface area contributed by atoms with Gasteiger partial charge in [0.2, 0.25) is 0 Å². The van der Waals surface area contributed by atoms with E-state index in [-0.39, 0.29) is 0 Å². The molecule has 0 radical (unpaired) electrons. The van der Waals surface area contributed by atoms with Gasteiger partial charge >= 0.3 is 0 Å². The molecule has 2 N–H and O–H groups in total. The van der Waals surface area contributed by atoms with Crippen LogP contribution in [-0.2, 0) is 0 Å². The summed E-state index contributed by atoms with van der Waals surface area (Å²) in [5.74, 6) is 1.68. The number of hydrogen-bond acceptors (Lipinski definition) is 3. The number of aliphatic imine (C=N–C) groups is 1. The van der Waals surface area contributed by atoms with Gasteiger partial charge in [0.05, 0.1) is 0 Å². The van der Waals surface area contributed by atoms with Gasteiger partial charge in [0.15, 0.2) is 5.96 Å². The zero-order chi connectivity index (χ0) is 15.5. The van der Waals surface area contributed by atoms with Gasteiger partial charge in [-0.1, -0.05) is 13.8 Å². The molecule has 0 atom stereocenters. The molecule has 0 aromatic rings. The lowest BCUT2D eigenvalue weighted by molar-refractivity contribution is 0.280. The zero-order valence-corrected chi connectivity index (χ0v) is 14.5. The number of nitrogens with zero attached hydrogens (tertiary/aromatic N) is 3. The third-order valence-corrected chi connectivity index (χ3v) is 3.85. The fraction of sp³-hybridized carbons (Fsp3) is 0.938. The molecule has 0 aromatic heterocycles. The van der Waals surface area contributed by atoms with E-state index in [1.807, 2.05) is 0 Å². The summed E-state index contributed by atoms with van der Waals surface area (Å²) in [6.45, 7) is 15.3. The van der Waals surface area contributed by atoms with E-state index in [4.69, 9.17) is 0 Å². The Hall–Kier alpha value is -0.810. The highest BCUT2D eigenvalue weighted by Crippen LogP contribution is 2.00. The Bertz CT molecular complexity index is 290. The summed E-state index contributed by atoms with van der Waals surface area (Å²) in [5, 5.41) is 6.78. The fourth-order valence-corrected chi connectivity index (χ4v) is 2.43. The van der Waals surface area contributed by atoms with Crippen molar-refractivity contribution in [1.82, 2.24) is 20.4 Å². The van der Waals surface area contributed by atoms with Crippen molar-refractivity contribution in [2.75, 3.05) is 59.4 Å². The van der Waals surface area contributed by atoms with Crippen LogP contribution >= 0.6 is 0 Å². The average molecular weight is 297 g/mol. The second-order valence-electron chi connectivity index (χ2n) is 6.37. The molecular weight excluding hydrogens is 262 g/mol. The smallest absolute Gasteiger partial charge is 0.191 e. The van der Waals surface area contributed by atoms with Crippen molar-refractivity contribution in [3.63, 3.8) is 0 Å². The number of hydrogen-bond donors (Lipinski definition) is 2. The molecule has 1 aliphatic heterocycles. The van der Waals surface area contributed by atoms with Gasteiger partial charge in [0, 0.05) is 39.3 Å². The molecule has 1 rings (SSSR count). The first kappa shape index (κ1) is 18.2. The van der Waals surface area contributed by atoms with Gasteiger partial charge in [-0.2, -0.15) is 0 Å². The molecule has 1 saturated heterocycles. The van der Waals surface area contributed by atoms with Crippen LogP contribution in [0.25, 0.3) is 0 Å². The SMILES string of the molecule is CCNC(=NCCC(C)C)NCCN1CCCN(C)CC1. The molecule has 21 heavy (non-hydrogen) atoms. The van der Waals surface area contributed by atoms with Crippen LogP contribution in [0.4, 0.5) is 0 Å². The van der Waals surface area contributed by atoms with Gasteiger partial charge in [-0.25, -0.2) is 0 Å². The van der Waals surface area contributed by atoms with E-state index in [1.165, 1.54) is 32.6 Å². The maximum atomic E-state index is 4.63. The third-order valence-electron chi connectivity index (χ3n) is 3.85. The third kappa shape index (κ3) is 8.94. The summed E-state index contributed by atoms with van der Waals surface area (Å²) < 4.78 is 0. The molecule has 0 amide bonds. The van der Waals surface area contributed by atoms with Gasteiger partial charge in [-0.3, -0.25) is 4.99 Å². The molecule has 1 fully saturated rings. The van der Waals surface area contributed by atoms with Crippen LogP contribution in [0, 0.1) is 5.92 Å². The lowest BCUT2D eigenvalue weighted by atomic mass is 10.1. The largest absolute Gasteiger partial charge is 0.357 e. The van der Waals surface area contributed by atoms with E-state index >= 15 is 0 Å². The summed E-state index contributed by atoms with van der Waals surface area (Å²) in [7, 11) is 2.21. The van der Waals surface area contributed by atoms with Crippen molar-refractivity contribution < 1.29 is 0 Å². The number of rotatable bonds is 7. The van der Waals surface area contributed by atoms with E-state index in [2.05, 4.69) is 53.2 Å². The summed E-state index contributed by atoms with van der Waals surface area (Å²) in [6, 6.07) is 0. The highest BCUT2D eigenvalue weighted by atomic mass is 15.2. The van der Waals surface area contributed by atoms with Crippen LogP contribution in [0.1, 0.15) is 33.6 Å². The minimum atomic E-state index is 0.714. The Morgan fingerprint density at radius 3 is 2.67 bits per heavy atom. The van der Waals surface area contributed by atoms with Gasteiger partial charge in [0.25, 0.3) is 0 Å². The van der Waals surface area contributed by atoms with Crippen molar-refractivity contribution in [1.29, 1.82) is 0 Å². The zero-order valence-electron chi connectivity index (χ0n) is 14.5. The molecule has 0 saturated carbocycles. The number of likely N-dealkylation sites (N-methyl/N-ethyl adjacent to an activating group) is 1. The van der Waals surface area contributed by atoms with Crippen LogP contribution in [0.5, 0.6) is 0 Å². The maximum absolute atomic E-state index is 4.63. The molecular formula is C16H35N5. The van der Waals surface area contributed by atoms with Gasteiger partial charge in [-0.15, -0.1) is 0 Å². The quantitative estimate of drug-likeness (QED) is 0.548. The van der Waals surface area contributed by atoms with Crippen LogP contribution in [-0.4, -0.2) is 75.2 Å². The van der Waals surface area contributed by atoms with Gasteiger partial charge in [-0.05, 0) is 45.8 Å². The van der Waals surface area contributed by atoms with Gasteiger partial charge in [0.1, 0.15) is 0 Å². The molecule has 0 aromatic carbocycles.